The number of halogens is 1. The van der Waals surface area contributed by atoms with Gasteiger partial charge in [0.25, 0.3) is 0 Å². The van der Waals surface area contributed by atoms with E-state index in [4.69, 9.17) is 0 Å². The standard InChI is InChI=1S/C17H26BrNO/c1-4-15(14-10-13(18)8-9-17(14)20)19-16-7-5-6-11(2)12(16)3/h8-12,15-16,19-20H,4-7H2,1-3H3. The lowest BCUT2D eigenvalue weighted by Gasteiger charge is -2.37. The molecule has 0 aliphatic heterocycles. The quantitative estimate of drug-likeness (QED) is 0.807. The zero-order valence-corrected chi connectivity index (χ0v) is 14.3. The molecular formula is C17H26BrNO. The van der Waals surface area contributed by atoms with E-state index in [1.54, 1.807) is 6.07 Å². The summed E-state index contributed by atoms with van der Waals surface area (Å²) >= 11 is 3.50. The fourth-order valence-electron chi connectivity index (χ4n) is 3.31. The maximum atomic E-state index is 10.1. The Kier molecular flexibility index (Phi) is 5.50. The van der Waals surface area contributed by atoms with Crippen LogP contribution in [0, 0.1) is 11.8 Å². The zero-order chi connectivity index (χ0) is 14.7. The lowest BCUT2D eigenvalue weighted by molar-refractivity contribution is 0.191. The predicted octanol–water partition coefficient (Wildman–Crippen LogP) is 5.02. The molecular weight excluding hydrogens is 314 g/mol. The second kappa shape index (κ2) is 6.95. The van der Waals surface area contributed by atoms with Gasteiger partial charge in [-0.1, -0.05) is 49.5 Å². The van der Waals surface area contributed by atoms with Crippen molar-refractivity contribution < 1.29 is 5.11 Å². The van der Waals surface area contributed by atoms with E-state index in [1.807, 2.05) is 12.1 Å². The molecule has 0 amide bonds. The van der Waals surface area contributed by atoms with Gasteiger partial charge in [-0.05, 0) is 42.9 Å². The van der Waals surface area contributed by atoms with E-state index in [0.29, 0.717) is 17.7 Å². The molecule has 2 N–H and O–H groups in total. The molecule has 1 aliphatic carbocycles. The molecule has 0 spiro atoms. The molecule has 0 radical (unpaired) electrons. The third-order valence-electron chi connectivity index (χ3n) is 4.90. The van der Waals surface area contributed by atoms with Crippen LogP contribution in [0.1, 0.15) is 58.1 Å². The van der Waals surface area contributed by atoms with E-state index in [9.17, 15) is 5.11 Å². The second-order valence-corrected chi connectivity index (χ2v) is 7.12. The summed E-state index contributed by atoms with van der Waals surface area (Å²) < 4.78 is 1.02. The summed E-state index contributed by atoms with van der Waals surface area (Å²) in [6, 6.07) is 6.48. The lowest BCUT2D eigenvalue weighted by Crippen LogP contribution is -2.42. The van der Waals surface area contributed by atoms with E-state index in [0.717, 1.165) is 22.4 Å². The maximum absolute atomic E-state index is 10.1. The highest BCUT2D eigenvalue weighted by atomic mass is 79.9. The highest BCUT2D eigenvalue weighted by Gasteiger charge is 2.29. The molecule has 4 atom stereocenters. The van der Waals surface area contributed by atoms with Crippen molar-refractivity contribution in [3.63, 3.8) is 0 Å². The van der Waals surface area contributed by atoms with Crippen molar-refractivity contribution in [2.24, 2.45) is 11.8 Å². The van der Waals surface area contributed by atoms with Crippen molar-refractivity contribution in [1.29, 1.82) is 0 Å². The van der Waals surface area contributed by atoms with Gasteiger partial charge in [0, 0.05) is 22.1 Å². The summed E-state index contributed by atoms with van der Waals surface area (Å²) in [6.07, 6.45) is 4.89. The van der Waals surface area contributed by atoms with Gasteiger partial charge in [-0.3, -0.25) is 0 Å². The van der Waals surface area contributed by atoms with Crippen LogP contribution in [-0.4, -0.2) is 11.1 Å². The smallest absolute Gasteiger partial charge is 0.120 e. The van der Waals surface area contributed by atoms with Gasteiger partial charge in [0.05, 0.1) is 0 Å². The monoisotopic (exact) mass is 339 g/mol. The lowest BCUT2D eigenvalue weighted by atomic mass is 9.77. The number of benzene rings is 1. The summed E-state index contributed by atoms with van der Waals surface area (Å²) in [5.41, 5.74) is 1.01. The molecule has 1 aliphatic rings. The molecule has 1 fully saturated rings. The van der Waals surface area contributed by atoms with Crippen LogP contribution in [0.15, 0.2) is 22.7 Å². The van der Waals surface area contributed by atoms with Gasteiger partial charge in [0.15, 0.2) is 0 Å². The second-order valence-electron chi connectivity index (χ2n) is 6.20. The first-order valence-electron chi connectivity index (χ1n) is 7.77. The molecule has 4 unspecified atom stereocenters. The predicted molar refractivity (Wildman–Crippen MR) is 87.9 cm³/mol. The molecule has 0 heterocycles. The summed E-state index contributed by atoms with van der Waals surface area (Å²) in [5.74, 6) is 1.88. The number of rotatable bonds is 4. The average molecular weight is 340 g/mol. The maximum Gasteiger partial charge on any atom is 0.120 e. The van der Waals surface area contributed by atoms with E-state index in [1.165, 1.54) is 19.3 Å². The van der Waals surface area contributed by atoms with Crippen molar-refractivity contribution in [3.05, 3.63) is 28.2 Å². The largest absolute Gasteiger partial charge is 0.508 e. The number of hydrogen-bond acceptors (Lipinski definition) is 2. The Bertz CT molecular complexity index is 449. The van der Waals surface area contributed by atoms with E-state index in [2.05, 4.69) is 42.0 Å². The molecule has 2 rings (SSSR count). The molecule has 1 aromatic carbocycles. The van der Waals surface area contributed by atoms with Crippen molar-refractivity contribution in [2.75, 3.05) is 0 Å². The van der Waals surface area contributed by atoms with Gasteiger partial charge in [0.2, 0.25) is 0 Å². The Hall–Kier alpha value is -0.540. The number of hydrogen-bond donors (Lipinski definition) is 2. The van der Waals surface area contributed by atoms with Crippen LogP contribution < -0.4 is 5.32 Å². The number of nitrogens with one attached hydrogen (secondary N) is 1. The topological polar surface area (TPSA) is 32.3 Å². The third kappa shape index (κ3) is 3.56. The summed E-state index contributed by atoms with van der Waals surface area (Å²) in [4.78, 5) is 0. The summed E-state index contributed by atoms with van der Waals surface area (Å²) in [7, 11) is 0. The molecule has 2 nitrogen and oxygen atoms in total. The first-order valence-corrected chi connectivity index (χ1v) is 8.56. The Morgan fingerprint density at radius 1 is 1.35 bits per heavy atom. The van der Waals surface area contributed by atoms with E-state index in [-0.39, 0.29) is 6.04 Å². The van der Waals surface area contributed by atoms with Gasteiger partial charge in [-0.25, -0.2) is 0 Å². The molecule has 0 aromatic heterocycles. The highest BCUT2D eigenvalue weighted by Crippen LogP contribution is 2.34. The minimum Gasteiger partial charge on any atom is -0.508 e. The van der Waals surface area contributed by atoms with Crippen molar-refractivity contribution in [3.8, 4) is 5.75 Å². The molecule has 1 saturated carbocycles. The van der Waals surface area contributed by atoms with Crippen LogP contribution >= 0.6 is 15.9 Å². The highest BCUT2D eigenvalue weighted by molar-refractivity contribution is 9.10. The van der Waals surface area contributed by atoms with Crippen LogP contribution in [0.25, 0.3) is 0 Å². The molecule has 0 bridgehead atoms. The summed E-state index contributed by atoms with van der Waals surface area (Å²) in [5, 5.41) is 13.9. The van der Waals surface area contributed by atoms with Crippen LogP contribution in [0.2, 0.25) is 0 Å². The van der Waals surface area contributed by atoms with Crippen LogP contribution in [0.3, 0.4) is 0 Å². The fraction of sp³-hybridized carbons (Fsp3) is 0.647. The third-order valence-corrected chi connectivity index (χ3v) is 5.39. The van der Waals surface area contributed by atoms with Crippen molar-refractivity contribution in [2.45, 2.75) is 58.5 Å². The average Bonchev–Trinajstić information content (AvgIpc) is 2.43. The Morgan fingerprint density at radius 3 is 2.80 bits per heavy atom. The van der Waals surface area contributed by atoms with E-state index < -0.39 is 0 Å². The SMILES string of the molecule is CCC(NC1CCCC(C)C1C)c1cc(Br)ccc1O. The minimum absolute atomic E-state index is 0.227. The van der Waals surface area contributed by atoms with Gasteiger partial charge in [-0.15, -0.1) is 0 Å². The first kappa shape index (κ1) is 15.8. The normalized spacial score (nSPS) is 28.3. The Morgan fingerprint density at radius 2 is 2.10 bits per heavy atom. The Balaban J connectivity index is 2.14. The van der Waals surface area contributed by atoms with Crippen molar-refractivity contribution >= 4 is 15.9 Å². The Labute approximate surface area is 131 Å². The fourth-order valence-corrected chi connectivity index (χ4v) is 3.69. The number of phenolic OH excluding ortho intramolecular Hbond substituents is 1. The minimum atomic E-state index is 0.227. The summed E-state index contributed by atoms with van der Waals surface area (Å²) in [6.45, 7) is 6.89. The van der Waals surface area contributed by atoms with Crippen LogP contribution in [-0.2, 0) is 0 Å². The molecule has 20 heavy (non-hydrogen) atoms. The van der Waals surface area contributed by atoms with Crippen LogP contribution in [0.5, 0.6) is 5.75 Å². The zero-order valence-electron chi connectivity index (χ0n) is 12.7. The first-order chi connectivity index (χ1) is 9.52. The molecule has 3 heteroatoms. The van der Waals surface area contributed by atoms with Gasteiger partial charge in [0.1, 0.15) is 5.75 Å². The number of aromatic hydroxyl groups is 1. The van der Waals surface area contributed by atoms with Crippen molar-refractivity contribution in [1.82, 2.24) is 5.32 Å². The molecule has 1 aromatic rings. The van der Waals surface area contributed by atoms with Gasteiger partial charge < -0.3 is 10.4 Å². The van der Waals surface area contributed by atoms with Gasteiger partial charge >= 0.3 is 0 Å². The number of phenols is 1. The van der Waals surface area contributed by atoms with Gasteiger partial charge in [-0.2, -0.15) is 0 Å². The van der Waals surface area contributed by atoms with Crippen LogP contribution in [0.4, 0.5) is 0 Å². The molecule has 0 saturated heterocycles. The molecule has 112 valence electrons. The van der Waals surface area contributed by atoms with E-state index >= 15 is 0 Å².